The average molecular weight is 255 g/mol. The van der Waals surface area contributed by atoms with Gasteiger partial charge in [-0.15, -0.1) is 0 Å². The van der Waals surface area contributed by atoms with Gasteiger partial charge in [0.2, 0.25) is 0 Å². The Balaban J connectivity index is 2.60. The molecule has 0 fully saturated rings. The van der Waals surface area contributed by atoms with Crippen LogP contribution in [0.1, 0.15) is 25.8 Å². The van der Waals surface area contributed by atoms with Gasteiger partial charge in [0, 0.05) is 10.9 Å². The molecule has 0 amide bonds. The fraction of sp³-hybridized carbons (Fsp3) is 0.417. The van der Waals surface area contributed by atoms with Gasteiger partial charge in [-0.3, -0.25) is 0 Å². The van der Waals surface area contributed by atoms with Crippen LogP contribution >= 0.6 is 15.9 Å². The minimum Gasteiger partial charge on any atom is -0.300 e. The van der Waals surface area contributed by atoms with Crippen molar-refractivity contribution in [3.8, 4) is 0 Å². The van der Waals surface area contributed by atoms with E-state index < -0.39 is 0 Å². The molecule has 0 aliphatic rings. The normalized spacial score (nSPS) is 12.5. The van der Waals surface area contributed by atoms with E-state index in [2.05, 4.69) is 28.9 Å². The van der Waals surface area contributed by atoms with E-state index in [-0.39, 0.29) is 5.78 Å². The number of Topliss-reactive ketones (excluding diaryl/α,β-unsaturated/α-hetero) is 1. The molecular weight excluding hydrogens is 240 g/mol. The Morgan fingerprint density at radius 2 is 2.07 bits per heavy atom. The van der Waals surface area contributed by atoms with Gasteiger partial charge in [-0.1, -0.05) is 41.1 Å². The van der Waals surface area contributed by atoms with Crippen LogP contribution in [0.2, 0.25) is 0 Å². The van der Waals surface area contributed by atoms with Gasteiger partial charge in [-0.05, 0) is 30.9 Å². The lowest BCUT2D eigenvalue weighted by Crippen LogP contribution is -2.05. The van der Waals surface area contributed by atoms with Crippen molar-refractivity contribution in [2.24, 2.45) is 5.92 Å². The lowest BCUT2D eigenvalue weighted by Gasteiger charge is -2.10. The summed E-state index contributed by atoms with van der Waals surface area (Å²) in [6, 6.07) is 8.17. The van der Waals surface area contributed by atoms with Crippen molar-refractivity contribution in [1.82, 2.24) is 0 Å². The van der Waals surface area contributed by atoms with E-state index in [4.69, 9.17) is 0 Å². The lowest BCUT2D eigenvalue weighted by atomic mass is 9.97. The highest BCUT2D eigenvalue weighted by Crippen LogP contribution is 2.20. The number of hydrogen-bond acceptors (Lipinski definition) is 1. The highest BCUT2D eigenvalue weighted by Gasteiger charge is 2.08. The van der Waals surface area contributed by atoms with Crippen LogP contribution < -0.4 is 0 Å². The molecule has 0 bridgehead atoms. The first kappa shape index (κ1) is 11.4. The zero-order chi connectivity index (χ0) is 10.6. The third kappa shape index (κ3) is 3.62. The largest absolute Gasteiger partial charge is 0.300 e. The molecule has 1 aromatic rings. The van der Waals surface area contributed by atoms with E-state index >= 15 is 0 Å². The second kappa shape index (κ2) is 5.30. The number of halogens is 1. The summed E-state index contributed by atoms with van der Waals surface area (Å²) in [5.74, 6) is 0.691. The molecule has 0 aliphatic carbocycles. The molecule has 0 heterocycles. The van der Waals surface area contributed by atoms with E-state index in [0.717, 1.165) is 10.9 Å². The minimum absolute atomic E-state index is 0.268. The number of rotatable bonds is 4. The molecule has 0 aliphatic heterocycles. The van der Waals surface area contributed by atoms with Crippen LogP contribution in [0.4, 0.5) is 0 Å². The van der Waals surface area contributed by atoms with E-state index in [0.29, 0.717) is 12.3 Å². The van der Waals surface area contributed by atoms with Gasteiger partial charge in [0.05, 0.1) is 0 Å². The summed E-state index contributed by atoms with van der Waals surface area (Å²) in [6.07, 6.45) is 1.63. The molecular formula is C12H15BrO. The molecule has 1 nitrogen and oxygen atoms in total. The maximum absolute atomic E-state index is 10.9. The predicted molar refractivity (Wildman–Crippen MR) is 62.3 cm³/mol. The molecule has 76 valence electrons. The fourth-order valence-electron chi connectivity index (χ4n) is 1.60. The van der Waals surface area contributed by atoms with Crippen LogP contribution in [0.3, 0.4) is 0 Å². The van der Waals surface area contributed by atoms with Crippen LogP contribution in [0.25, 0.3) is 0 Å². The monoisotopic (exact) mass is 254 g/mol. The van der Waals surface area contributed by atoms with Crippen molar-refractivity contribution < 1.29 is 4.79 Å². The van der Waals surface area contributed by atoms with E-state index in [1.54, 1.807) is 6.92 Å². The van der Waals surface area contributed by atoms with Crippen molar-refractivity contribution >= 4 is 21.7 Å². The van der Waals surface area contributed by atoms with E-state index in [9.17, 15) is 4.79 Å². The zero-order valence-corrected chi connectivity index (χ0v) is 10.2. The Morgan fingerprint density at radius 1 is 1.43 bits per heavy atom. The Kier molecular flexibility index (Phi) is 4.33. The van der Waals surface area contributed by atoms with Crippen LogP contribution in [-0.4, -0.2) is 5.78 Å². The first-order valence-corrected chi connectivity index (χ1v) is 5.61. The SMILES string of the molecule is CC(=O)CC(C)Cc1ccccc1Br. The summed E-state index contributed by atoms with van der Waals surface area (Å²) < 4.78 is 1.13. The van der Waals surface area contributed by atoms with Gasteiger partial charge in [0.15, 0.2) is 0 Å². The second-order valence-electron chi connectivity index (χ2n) is 3.81. The average Bonchev–Trinajstić information content (AvgIpc) is 2.07. The Bertz CT molecular complexity index is 320. The summed E-state index contributed by atoms with van der Waals surface area (Å²) >= 11 is 3.51. The molecule has 0 saturated heterocycles. The zero-order valence-electron chi connectivity index (χ0n) is 8.59. The molecule has 14 heavy (non-hydrogen) atoms. The molecule has 0 radical (unpaired) electrons. The molecule has 2 heteroatoms. The first-order chi connectivity index (χ1) is 6.59. The number of benzene rings is 1. The van der Waals surface area contributed by atoms with Gasteiger partial charge in [0.25, 0.3) is 0 Å². The summed E-state index contributed by atoms with van der Waals surface area (Å²) in [5.41, 5.74) is 1.28. The number of hydrogen-bond donors (Lipinski definition) is 0. The van der Waals surface area contributed by atoms with Crippen LogP contribution in [0.15, 0.2) is 28.7 Å². The standard InChI is InChI=1S/C12H15BrO/c1-9(7-10(2)14)8-11-5-3-4-6-12(11)13/h3-6,9H,7-8H2,1-2H3. The summed E-state index contributed by atoms with van der Waals surface area (Å²) in [4.78, 5) is 10.9. The summed E-state index contributed by atoms with van der Waals surface area (Å²) in [7, 11) is 0. The summed E-state index contributed by atoms with van der Waals surface area (Å²) in [5, 5.41) is 0. The lowest BCUT2D eigenvalue weighted by molar-refractivity contribution is -0.117. The van der Waals surface area contributed by atoms with E-state index in [1.807, 2.05) is 18.2 Å². The molecule has 1 unspecified atom stereocenters. The van der Waals surface area contributed by atoms with Crippen molar-refractivity contribution in [1.29, 1.82) is 0 Å². The highest BCUT2D eigenvalue weighted by molar-refractivity contribution is 9.10. The maximum Gasteiger partial charge on any atom is 0.130 e. The number of carbonyl (C=O) groups excluding carboxylic acids is 1. The van der Waals surface area contributed by atoms with Gasteiger partial charge in [-0.25, -0.2) is 0 Å². The molecule has 1 atom stereocenters. The van der Waals surface area contributed by atoms with Crippen molar-refractivity contribution in [2.75, 3.05) is 0 Å². The van der Waals surface area contributed by atoms with Crippen LogP contribution in [0, 0.1) is 5.92 Å². The molecule has 0 saturated carbocycles. The van der Waals surface area contributed by atoms with Crippen molar-refractivity contribution in [3.63, 3.8) is 0 Å². The maximum atomic E-state index is 10.9. The van der Waals surface area contributed by atoms with E-state index in [1.165, 1.54) is 5.56 Å². The topological polar surface area (TPSA) is 17.1 Å². The first-order valence-electron chi connectivity index (χ1n) is 4.82. The van der Waals surface area contributed by atoms with Gasteiger partial charge >= 0.3 is 0 Å². The Morgan fingerprint density at radius 3 is 2.64 bits per heavy atom. The molecule has 0 aromatic heterocycles. The quantitative estimate of drug-likeness (QED) is 0.803. The number of ketones is 1. The molecule has 0 N–H and O–H groups in total. The van der Waals surface area contributed by atoms with Crippen LogP contribution in [-0.2, 0) is 11.2 Å². The Hall–Kier alpha value is -0.630. The second-order valence-corrected chi connectivity index (χ2v) is 4.66. The Labute approximate surface area is 93.7 Å². The third-order valence-corrected chi connectivity index (χ3v) is 2.94. The van der Waals surface area contributed by atoms with Crippen LogP contribution in [0.5, 0.6) is 0 Å². The molecule has 1 rings (SSSR count). The van der Waals surface area contributed by atoms with Crippen molar-refractivity contribution in [3.05, 3.63) is 34.3 Å². The van der Waals surface area contributed by atoms with Crippen molar-refractivity contribution in [2.45, 2.75) is 26.7 Å². The molecule has 1 aromatic carbocycles. The minimum atomic E-state index is 0.268. The third-order valence-electron chi connectivity index (χ3n) is 2.16. The number of carbonyl (C=O) groups is 1. The van der Waals surface area contributed by atoms with Gasteiger partial charge in [-0.2, -0.15) is 0 Å². The highest BCUT2D eigenvalue weighted by atomic mass is 79.9. The van der Waals surface area contributed by atoms with Gasteiger partial charge in [0.1, 0.15) is 5.78 Å². The summed E-state index contributed by atoms with van der Waals surface area (Å²) in [6.45, 7) is 3.76. The molecule has 0 spiro atoms. The smallest absolute Gasteiger partial charge is 0.130 e. The van der Waals surface area contributed by atoms with Gasteiger partial charge < -0.3 is 4.79 Å². The predicted octanol–water partition coefficient (Wildman–Crippen LogP) is 3.61. The fourth-order valence-corrected chi connectivity index (χ4v) is 2.05.